The van der Waals surface area contributed by atoms with E-state index >= 15 is 0 Å². The highest BCUT2D eigenvalue weighted by Crippen LogP contribution is 2.37. The zero-order valence-electron chi connectivity index (χ0n) is 10.6. The third-order valence-electron chi connectivity index (χ3n) is 3.88. The molecule has 0 nitrogen and oxygen atoms in total. The van der Waals surface area contributed by atoms with Gasteiger partial charge in [-0.05, 0) is 16.9 Å². The first-order chi connectivity index (χ1) is 8.83. The molecule has 3 rings (SSSR count). The molecule has 0 saturated heterocycles. The van der Waals surface area contributed by atoms with E-state index in [1.54, 1.807) is 5.57 Å². The first-order valence-corrected chi connectivity index (χ1v) is 7.03. The third-order valence-corrected chi connectivity index (χ3v) is 4.34. The fraction of sp³-hybridized carbons (Fsp3) is 0.294. The second kappa shape index (κ2) is 4.78. The average Bonchev–Trinajstić information content (AvgIpc) is 2.43. The minimum Gasteiger partial charge on any atom is -0.0878 e. The molecule has 0 aliphatic heterocycles. The van der Waals surface area contributed by atoms with Crippen molar-refractivity contribution in [1.29, 1.82) is 0 Å². The molecule has 0 fully saturated rings. The maximum Gasteiger partial charge on any atom is 0.0337 e. The number of fused-ring (bicyclic) bond motifs is 2. The highest BCUT2D eigenvalue weighted by molar-refractivity contribution is 6.45. The summed E-state index contributed by atoms with van der Waals surface area (Å²) < 4.78 is 0. The van der Waals surface area contributed by atoms with Crippen LogP contribution in [0.15, 0.2) is 48.6 Å². The van der Waals surface area contributed by atoms with Gasteiger partial charge in [-0.1, -0.05) is 79.1 Å². The molecule has 0 amide bonds. The van der Waals surface area contributed by atoms with Crippen LogP contribution >= 0.6 is 11.6 Å². The van der Waals surface area contributed by atoms with Crippen LogP contribution in [0.1, 0.15) is 19.8 Å². The molecule has 0 N–H and O–H groups in total. The van der Waals surface area contributed by atoms with E-state index in [4.69, 9.17) is 11.6 Å². The van der Waals surface area contributed by atoms with Gasteiger partial charge in [-0.3, -0.25) is 0 Å². The van der Waals surface area contributed by atoms with Gasteiger partial charge in [0, 0.05) is 16.9 Å². The standard InChI is InChI=1S/C17H17Cl/c1-2-7-12-13-8-3-5-10-15(13)17(18)16-11-6-4-9-14(12)16/h3-6,8-11,13,15H,2,7H2,1H3. The van der Waals surface area contributed by atoms with Crippen molar-refractivity contribution in [3.63, 3.8) is 0 Å². The van der Waals surface area contributed by atoms with Crippen molar-refractivity contribution < 1.29 is 0 Å². The van der Waals surface area contributed by atoms with Crippen LogP contribution in [-0.2, 0) is 0 Å². The molecular formula is C17H17Cl. The highest BCUT2D eigenvalue weighted by atomic mass is 35.5. The van der Waals surface area contributed by atoms with E-state index in [2.05, 4.69) is 55.5 Å². The second-order valence-corrected chi connectivity index (χ2v) is 5.40. The van der Waals surface area contributed by atoms with Crippen LogP contribution < -0.4 is 10.4 Å². The SMILES string of the molecule is CCCC1=c2ccccc2=C(Cl)C2C=CC=CC12. The predicted octanol–water partition coefficient (Wildman–Crippen LogP) is 3.36. The van der Waals surface area contributed by atoms with E-state index in [-0.39, 0.29) is 0 Å². The van der Waals surface area contributed by atoms with Crippen LogP contribution in [0.4, 0.5) is 0 Å². The topological polar surface area (TPSA) is 0 Å². The Morgan fingerprint density at radius 2 is 1.67 bits per heavy atom. The van der Waals surface area contributed by atoms with Crippen molar-refractivity contribution in [3.05, 3.63) is 59.0 Å². The van der Waals surface area contributed by atoms with Crippen LogP contribution in [-0.4, -0.2) is 0 Å². The van der Waals surface area contributed by atoms with Crippen LogP contribution in [0, 0.1) is 11.8 Å². The van der Waals surface area contributed by atoms with Crippen molar-refractivity contribution >= 4 is 22.2 Å². The normalized spacial score (nSPS) is 25.0. The predicted molar refractivity (Wildman–Crippen MR) is 78.5 cm³/mol. The van der Waals surface area contributed by atoms with E-state index < -0.39 is 0 Å². The van der Waals surface area contributed by atoms with Gasteiger partial charge in [-0.25, -0.2) is 0 Å². The summed E-state index contributed by atoms with van der Waals surface area (Å²) >= 11 is 6.60. The summed E-state index contributed by atoms with van der Waals surface area (Å²) in [6, 6.07) is 8.55. The van der Waals surface area contributed by atoms with E-state index in [0.29, 0.717) is 11.8 Å². The minimum absolute atomic E-state index is 0.341. The number of hydrogen-bond donors (Lipinski definition) is 0. The maximum absolute atomic E-state index is 6.60. The Morgan fingerprint density at radius 1 is 1.00 bits per heavy atom. The second-order valence-electron chi connectivity index (χ2n) is 4.99. The van der Waals surface area contributed by atoms with Crippen LogP contribution in [0.3, 0.4) is 0 Å². The third kappa shape index (κ3) is 1.76. The molecule has 0 aromatic heterocycles. The van der Waals surface area contributed by atoms with E-state index in [1.807, 2.05) is 0 Å². The Balaban J connectivity index is 2.34. The largest absolute Gasteiger partial charge is 0.0878 e. The van der Waals surface area contributed by atoms with Crippen molar-refractivity contribution in [2.45, 2.75) is 19.8 Å². The van der Waals surface area contributed by atoms with E-state index in [0.717, 1.165) is 11.5 Å². The summed E-state index contributed by atoms with van der Waals surface area (Å²) in [6.45, 7) is 2.24. The molecule has 0 radical (unpaired) electrons. The van der Waals surface area contributed by atoms with Crippen molar-refractivity contribution in [2.75, 3.05) is 0 Å². The number of hydrogen-bond acceptors (Lipinski definition) is 0. The molecule has 2 aliphatic rings. The molecule has 2 unspecified atom stereocenters. The summed E-state index contributed by atoms with van der Waals surface area (Å²) in [5.41, 5.74) is 1.54. The van der Waals surface area contributed by atoms with Gasteiger partial charge >= 0.3 is 0 Å². The van der Waals surface area contributed by atoms with Gasteiger partial charge in [0.2, 0.25) is 0 Å². The summed E-state index contributed by atoms with van der Waals surface area (Å²) in [4.78, 5) is 0. The van der Waals surface area contributed by atoms with Crippen LogP contribution in [0.2, 0.25) is 0 Å². The molecule has 0 saturated carbocycles. The Hall–Kier alpha value is -1.27. The molecule has 2 atom stereocenters. The quantitative estimate of drug-likeness (QED) is 0.761. The lowest BCUT2D eigenvalue weighted by Crippen LogP contribution is -2.38. The summed E-state index contributed by atoms with van der Waals surface area (Å²) in [7, 11) is 0. The molecule has 0 heterocycles. The fourth-order valence-electron chi connectivity index (χ4n) is 3.08. The molecule has 1 aromatic carbocycles. The van der Waals surface area contributed by atoms with Gasteiger partial charge in [0.15, 0.2) is 0 Å². The summed E-state index contributed by atoms with van der Waals surface area (Å²) in [5, 5.41) is 3.57. The molecule has 0 bridgehead atoms. The molecular weight excluding hydrogens is 240 g/mol. The van der Waals surface area contributed by atoms with Crippen LogP contribution in [0.25, 0.3) is 10.6 Å². The van der Waals surface area contributed by atoms with Gasteiger partial charge < -0.3 is 0 Å². The number of allylic oxidation sites excluding steroid dienone is 4. The van der Waals surface area contributed by atoms with E-state index in [1.165, 1.54) is 16.9 Å². The van der Waals surface area contributed by atoms with Gasteiger partial charge in [-0.2, -0.15) is 0 Å². The Kier molecular flexibility index (Phi) is 3.13. The highest BCUT2D eigenvalue weighted by Gasteiger charge is 2.28. The van der Waals surface area contributed by atoms with Crippen molar-refractivity contribution in [3.8, 4) is 0 Å². The molecule has 0 spiro atoms. The lowest BCUT2D eigenvalue weighted by molar-refractivity contribution is 0.668. The van der Waals surface area contributed by atoms with Gasteiger partial charge in [-0.15, -0.1) is 0 Å². The minimum atomic E-state index is 0.341. The molecule has 2 aliphatic carbocycles. The monoisotopic (exact) mass is 256 g/mol. The maximum atomic E-state index is 6.60. The average molecular weight is 257 g/mol. The van der Waals surface area contributed by atoms with Crippen molar-refractivity contribution in [1.82, 2.24) is 0 Å². The van der Waals surface area contributed by atoms with Gasteiger partial charge in [0.25, 0.3) is 0 Å². The fourth-order valence-corrected chi connectivity index (χ4v) is 3.46. The first kappa shape index (κ1) is 11.8. The molecule has 1 heteroatoms. The Labute approximate surface area is 113 Å². The molecule has 92 valence electrons. The number of rotatable bonds is 2. The Bertz CT molecular complexity index is 634. The molecule has 18 heavy (non-hydrogen) atoms. The van der Waals surface area contributed by atoms with E-state index in [9.17, 15) is 0 Å². The zero-order valence-corrected chi connectivity index (χ0v) is 11.3. The van der Waals surface area contributed by atoms with Crippen molar-refractivity contribution in [2.24, 2.45) is 11.8 Å². The summed E-state index contributed by atoms with van der Waals surface area (Å²) in [6.07, 6.45) is 11.1. The van der Waals surface area contributed by atoms with Crippen LogP contribution in [0.5, 0.6) is 0 Å². The smallest absolute Gasteiger partial charge is 0.0337 e. The first-order valence-electron chi connectivity index (χ1n) is 6.65. The summed E-state index contributed by atoms with van der Waals surface area (Å²) in [5.74, 6) is 0.797. The zero-order chi connectivity index (χ0) is 12.5. The Morgan fingerprint density at radius 3 is 2.39 bits per heavy atom. The number of halogens is 1. The van der Waals surface area contributed by atoms with Gasteiger partial charge in [0.05, 0.1) is 0 Å². The lowest BCUT2D eigenvalue weighted by Gasteiger charge is -2.30. The molecule has 1 aromatic rings. The lowest BCUT2D eigenvalue weighted by atomic mass is 9.76. The van der Waals surface area contributed by atoms with Gasteiger partial charge in [0.1, 0.15) is 0 Å². The number of benzene rings is 1.